The summed E-state index contributed by atoms with van der Waals surface area (Å²) in [5.41, 5.74) is 5.11. The molecule has 0 saturated carbocycles. The van der Waals surface area contributed by atoms with Gasteiger partial charge in [-0.1, -0.05) is 39.0 Å². The van der Waals surface area contributed by atoms with E-state index in [0.29, 0.717) is 18.6 Å². The number of amides is 1. The largest absolute Gasteiger partial charge is 0.465 e. The summed E-state index contributed by atoms with van der Waals surface area (Å²) in [5, 5.41) is 0. The van der Waals surface area contributed by atoms with Crippen LogP contribution in [-0.2, 0) is 9.53 Å². The van der Waals surface area contributed by atoms with E-state index < -0.39 is 5.54 Å². The van der Waals surface area contributed by atoms with Gasteiger partial charge in [0, 0.05) is 5.56 Å². The predicted octanol–water partition coefficient (Wildman–Crippen LogP) is 2.29. The Morgan fingerprint density at radius 3 is 2.29 bits per heavy atom. The Hall–Kier alpha value is -1.88. The molecule has 1 aromatic carbocycles. The third-order valence-corrected chi connectivity index (χ3v) is 3.62. The first kappa shape index (κ1) is 17.2. The second-order valence-corrected chi connectivity index (χ2v) is 5.15. The molecule has 1 amide bonds. The van der Waals surface area contributed by atoms with Crippen molar-refractivity contribution in [3.05, 3.63) is 35.9 Å². The number of carbonyl (C=O) groups excluding carboxylic acids is 2. The lowest BCUT2D eigenvalue weighted by atomic mass is 9.84. The fourth-order valence-electron chi connectivity index (χ4n) is 2.16. The third-order valence-electron chi connectivity index (χ3n) is 3.62. The lowest BCUT2D eigenvalue weighted by molar-refractivity contribution is -0.154. The minimum atomic E-state index is -0.930. The normalized spacial score (nSPS) is 13.6. The zero-order chi connectivity index (χ0) is 15.9. The molecule has 0 heterocycles. The van der Waals surface area contributed by atoms with Crippen LogP contribution in [-0.4, -0.2) is 24.0 Å². The van der Waals surface area contributed by atoms with Crippen molar-refractivity contribution in [1.29, 1.82) is 0 Å². The molecule has 0 unspecified atom stereocenters. The molecule has 5 nitrogen and oxygen atoms in total. The van der Waals surface area contributed by atoms with Crippen molar-refractivity contribution < 1.29 is 14.3 Å². The molecule has 1 rings (SSSR count). The summed E-state index contributed by atoms with van der Waals surface area (Å²) in [6.07, 6.45) is 0.512. The SMILES string of the molecule is CCOC(=O)[C@](CC)(NNC(=O)c1ccccc1)C(C)C. The molecule has 0 aliphatic rings. The molecule has 0 saturated heterocycles. The molecule has 2 N–H and O–H groups in total. The van der Waals surface area contributed by atoms with Gasteiger partial charge in [-0.15, -0.1) is 0 Å². The number of nitrogens with one attached hydrogen (secondary N) is 2. The van der Waals surface area contributed by atoms with Crippen molar-refractivity contribution >= 4 is 11.9 Å². The highest BCUT2D eigenvalue weighted by molar-refractivity contribution is 5.94. The average Bonchev–Trinajstić information content (AvgIpc) is 2.49. The molecular formula is C16H24N2O3. The van der Waals surface area contributed by atoms with Crippen LogP contribution in [0.1, 0.15) is 44.5 Å². The summed E-state index contributed by atoms with van der Waals surface area (Å²) >= 11 is 0. The highest BCUT2D eigenvalue weighted by Gasteiger charge is 2.41. The maximum absolute atomic E-state index is 12.3. The van der Waals surface area contributed by atoms with Crippen molar-refractivity contribution in [1.82, 2.24) is 10.9 Å². The van der Waals surface area contributed by atoms with Crippen molar-refractivity contribution in [3.8, 4) is 0 Å². The van der Waals surface area contributed by atoms with E-state index in [1.54, 1.807) is 31.2 Å². The van der Waals surface area contributed by atoms with Crippen molar-refractivity contribution in [3.63, 3.8) is 0 Å². The maximum atomic E-state index is 12.3. The molecule has 0 bridgehead atoms. The van der Waals surface area contributed by atoms with Crippen LogP contribution >= 0.6 is 0 Å². The first-order valence-electron chi connectivity index (χ1n) is 7.27. The van der Waals surface area contributed by atoms with Crippen LogP contribution in [0.4, 0.5) is 0 Å². The topological polar surface area (TPSA) is 67.4 Å². The van der Waals surface area contributed by atoms with Crippen molar-refractivity contribution in [2.24, 2.45) is 5.92 Å². The Balaban J connectivity index is 2.83. The highest BCUT2D eigenvalue weighted by atomic mass is 16.5. The molecular weight excluding hydrogens is 268 g/mol. The zero-order valence-corrected chi connectivity index (χ0v) is 13.1. The van der Waals surface area contributed by atoms with Gasteiger partial charge in [-0.05, 0) is 31.4 Å². The minimum Gasteiger partial charge on any atom is -0.465 e. The molecule has 5 heteroatoms. The van der Waals surface area contributed by atoms with Gasteiger partial charge in [0.2, 0.25) is 0 Å². The van der Waals surface area contributed by atoms with E-state index in [0.717, 1.165) is 0 Å². The summed E-state index contributed by atoms with van der Waals surface area (Å²) in [4.78, 5) is 24.3. The van der Waals surface area contributed by atoms with Crippen LogP contribution in [0, 0.1) is 5.92 Å². The second-order valence-electron chi connectivity index (χ2n) is 5.15. The van der Waals surface area contributed by atoms with E-state index in [1.165, 1.54) is 0 Å². The number of rotatable bonds is 7. The maximum Gasteiger partial charge on any atom is 0.328 e. The molecule has 0 radical (unpaired) electrons. The lowest BCUT2D eigenvalue weighted by Gasteiger charge is -2.35. The van der Waals surface area contributed by atoms with Gasteiger partial charge in [-0.25, -0.2) is 10.2 Å². The number of hydrogen-bond donors (Lipinski definition) is 2. The first-order chi connectivity index (χ1) is 9.97. The molecule has 1 atom stereocenters. The standard InChI is InChI=1S/C16H24N2O3/c1-5-16(12(3)4,15(20)21-6-2)18-17-14(19)13-10-8-7-9-11-13/h7-12,18H,5-6H2,1-4H3,(H,17,19)/t16-/m1/s1. The van der Waals surface area contributed by atoms with Crippen LogP contribution < -0.4 is 10.9 Å². The van der Waals surface area contributed by atoms with Crippen LogP contribution in [0.15, 0.2) is 30.3 Å². The summed E-state index contributed by atoms with van der Waals surface area (Å²) in [6, 6.07) is 8.84. The van der Waals surface area contributed by atoms with E-state index in [4.69, 9.17) is 4.74 Å². The van der Waals surface area contributed by atoms with Gasteiger partial charge >= 0.3 is 5.97 Å². The summed E-state index contributed by atoms with van der Waals surface area (Å²) in [5.74, 6) is -0.660. The van der Waals surface area contributed by atoms with Crippen LogP contribution in [0.25, 0.3) is 0 Å². The molecule has 0 spiro atoms. The van der Waals surface area contributed by atoms with Crippen LogP contribution in [0.2, 0.25) is 0 Å². The van der Waals surface area contributed by atoms with Gasteiger partial charge in [0.25, 0.3) is 5.91 Å². The van der Waals surface area contributed by atoms with E-state index >= 15 is 0 Å². The Morgan fingerprint density at radius 1 is 1.19 bits per heavy atom. The Labute approximate surface area is 126 Å². The quantitative estimate of drug-likeness (QED) is 0.597. The molecule has 1 aromatic rings. The zero-order valence-electron chi connectivity index (χ0n) is 13.1. The Bertz CT molecular complexity index is 474. The summed E-state index contributed by atoms with van der Waals surface area (Å²) in [6.45, 7) is 7.80. The highest BCUT2D eigenvalue weighted by Crippen LogP contribution is 2.22. The minimum absolute atomic E-state index is 0.0300. The number of hydrazine groups is 1. The number of carbonyl (C=O) groups is 2. The van der Waals surface area contributed by atoms with Gasteiger partial charge in [-0.2, -0.15) is 0 Å². The van der Waals surface area contributed by atoms with E-state index in [1.807, 2.05) is 26.8 Å². The number of benzene rings is 1. The molecule has 0 fully saturated rings. The molecule has 0 aromatic heterocycles. The predicted molar refractivity (Wildman–Crippen MR) is 81.5 cm³/mol. The summed E-state index contributed by atoms with van der Waals surface area (Å²) in [7, 11) is 0. The van der Waals surface area contributed by atoms with Crippen LogP contribution in [0.5, 0.6) is 0 Å². The third kappa shape index (κ3) is 4.04. The van der Waals surface area contributed by atoms with Crippen molar-refractivity contribution in [2.45, 2.75) is 39.7 Å². The monoisotopic (exact) mass is 292 g/mol. The Kier molecular flexibility index (Phi) is 6.37. The van der Waals surface area contributed by atoms with Crippen LogP contribution in [0.3, 0.4) is 0 Å². The fraction of sp³-hybridized carbons (Fsp3) is 0.500. The second kappa shape index (κ2) is 7.78. The molecule has 0 aliphatic carbocycles. The van der Waals surface area contributed by atoms with Crippen molar-refractivity contribution in [2.75, 3.05) is 6.61 Å². The number of hydrogen-bond acceptors (Lipinski definition) is 4. The average molecular weight is 292 g/mol. The van der Waals surface area contributed by atoms with Gasteiger partial charge in [0.05, 0.1) is 6.61 Å². The molecule has 0 aliphatic heterocycles. The van der Waals surface area contributed by atoms with Gasteiger partial charge < -0.3 is 4.74 Å². The number of esters is 1. The van der Waals surface area contributed by atoms with Gasteiger partial charge in [0.1, 0.15) is 5.54 Å². The molecule has 116 valence electrons. The molecule has 21 heavy (non-hydrogen) atoms. The fourth-order valence-corrected chi connectivity index (χ4v) is 2.16. The van der Waals surface area contributed by atoms with E-state index in [2.05, 4.69) is 10.9 Å². The Morgan fingerprint density at radius 2 is 1.81 bits per heavy atom. The van der Waals surface area contributed by atoms with E-state index in [-0.39, 0.29) is 17.8 Å². The number of ether oxygens (including phenoxy) is 1. The van der Waals surface area contributed by atoms with Gasteiger partial charge in [0.15, 0.2) is 0 Å². The smallest absolute Gasteiger partial charge is 0.328 e. The van der Waals surface area contributed by atoms with E-state index in [9.17, 15) is 9.59 Å². The first-order valence-corrected chi connectivity index (χ1v) is 7.27. The lowest BCUT2D eigenvalue weighted by Crippen LogP contribution is -2.62. The summed E-state index contributed by atoms with van der Waals surface area (Å²) < 4.78 is 5.14. The van der Waals surface area contributed by atoms with Gasteiger partial charge in [-0.3, -0.25) is 10.2 Å².